The molecule has 0 saturated carbocycles. The highest BCUT2D eigenvalue weighted by Gasteiger charge is 2.16. The van der Waals surface area contributed by atoms with E-state index < -0.39 is 11.6 Å². The van der Waals surface area contributed by atoms with Gasteiger partial charge in [-0.1, -0.05) is 48.6 Å². The third-order valence-electron chi connectivity index (χ3n) is 4.30. The lowest BCUT2D eigenvalue weighted by molar-refractivity contribution is 0.0538. The zero-order chi connectivity index (χ0) is 20.6. The average molecular weight is 390 g/mol. The second-order valence-electron chi connectivity index (χ2n) is 6.36. The van der Waals surface area contributed by atoms with Gasteiger partial charge in [-0.2, -0.15) is 0 Å². The second kappa shape index (κ2) is 9.55. The van der Waals surface area contributed by atoms with Crippen LogP contribution in [0.15, 0.2) is 87.6 Å². The highest BCUT2D eigenvalue weighted by molar-refractivity contribution is 5.93. The number of allylic oxidation sites excluding steroid dienone is 2. The van der Waals surface area contributed by atoms with E-state index in [1.807, 2.05) is 62.4 Å². The third-order valence-corrected chi connectivity index (χ3v) is 4.30. The number of esters is 1. The van der Waals surface area contributed by atoms with Crippen LogP contribution in [0.4, 0.5) is 0 Å². The molecule has 148 valence electrons. The Kier molecular flexibility index (Phi) is 6.63. The molecule has 0 spiro atoms. The Morgan fingerprint density at radius 2 is 1.86 bits per heavy atom. The summed E-state index contributed by atoms with van der Waals surface area (Å²) in [7, 11) is 0. The Morgan fingerprint density at radius 1 is 1.07 bits per heavy atom. The molecule has 0 atom stereocenters. The maximum Gasteiger partial charge on any atom is 0.351 e. The molecular weight excluding hydrogens is 368 g/mol. The molecule has 1 aromatic heterocycles. The van der Waals surface area contributed by atoms with E-state index in [0.717, 1.165) is 11.1 Å². The van der Waals surface area contributed by atoms with Crippen LogP contribution in [0, 0.1) is 0 Å². The van der Waals surface area contributed by atoms with Crippen molar-refractivity contribution in [2.24, 2.45) is 0 Å². The summed E-state index contributed by atoms with van der Waals surface area (Å²) in [6.07, 6.45) is 5.53. The number of carbonyl (C=O) groups excluding carboxylic acids is 1. The molecule has 5 nitrogen and oxygen atoms in total. The van der Waals surface area contributed by atoms with Crippen LogP contribution in [0.3, 0.4) is 0 Å². The molecule has 1 heterocycles. The zero-order valence-electron chi connectivity index (χ0n) is 16.4. The second-order valence-corrected chi connectivity index (χ2v) is 6.36. The minimum absolute atomic E-state index is 0.0867. The highest BCUT2D eigenvalue weighted by Crippen LogP contribution is 2.21. The molecule has 0 N–H and O–H groups in total. The number of benzene rings is 2. The standard InChI is InChI=1S/C24H22O5/c1-3-8-17(4-2)15-28-23(25)21-13-19-11-12-20(14-22(19)29-24(21)26)27-16-18-9-6-5-7-10-18/h3-14H,15-16H2,1-2H3/b8-3-,17-4+. The van der Waals surface area contributed by atoms with Gasteiger partial charge in [0.15, 0.2) is 0 Å². The number of hydrogen-bond donors (Lipinski definition) is 0. The van der Waals surface area contributed by atoms with Crippen LogP contribution >= 0.6 is 0 Å². The maximum atomic E-state index is 12.3. The molecule has 0 fully saturated rings. The number of carbonyl (C=O) groups is 1. The Hall–Kier alpha value is -3.60. The normalized spacial score (nSPS) is 11.7. The monoisotopic (exact) mass is 390 g/mol. The summed E-state index contributed by atoms with van der Waals surface area (Å²) in [6, 6.07) is 16.4. The molecule has 0 aliphatic carbocycles. The first-order chi connectivity index (χ1) is 14.1. The van der Waals surface area contributed by atoms with Crippen molar-refractivity contribution in [2.75, 3.05) is 6.61 Å². The molecule has 0 aliphatic heterocycles. The van der Waals surface area contributed by atoms with Crippen LogP contribution < -0.4 is 10.4 Å². The van der Waals surface area contributed by atoms with Crippen molar-refractivity contribution < 1.29 is 18.7 Å². The Balaban J connectivity index is 1.75. The predicted octanol–water partition coefficient (Wildman–Crippen LogP) is 5.05. The van der Waals surface area contributed by atoms with E-state index in [9.17, 15) is 9.59 Å². The molecule has 0 radical (unpaired) electrons. The van der Waals surface area contributed by atoms with E-state index in [1.165, 1.54) is 6.07 Å². The van der Waals surface area contributed by atoms with Gasteiger partial charge in [-0.25, -0.2) is 9.59 Å². The van der Waals surface area contributed by atoms with E-state index in [4.69, 9.17) is 13.9 Å². The molecule has 3 aromatic rings. The smallest absolute Gasteiger partial charge is 0.351 e. The van der Waals surface area contributed by atoms with Gasteiger partial charge in [0.25, 0.3) is 0 Å². The van der Waals surface area contributed by atoms with Crippen molar-refractivity contribution >= 4 is 16.9 Å². The van der Waals surface area contributed by atoms with Crippen LogP contribution in [0.1, 0.15) is 29.8 Å². The molecule has 3 rings (SSSR count). The Bertz CT molecular complexity index is 1110. The molecule has 2 aromatic carbocycles. The molecule has 5 heteroatoms. The average Bonchev–Trinajstić information content (AvgIpc) is 2.75. The van der Waals surface area contributed by atoms with Crippen LogP contribution in [0.2, 0.25) is 0 Å². The molecule has 0 unspecified atom stereocenters. The SMILES string of the molecule is C/C=C\C(=C/C)COC(=O)c1cc2ccc(OCc3ccccc3)cc2oc1=O. The summed E-state index contributed by atoms with van der Waals surface area (Å²) in [5.41, 5.74) is 1.35. The van der Waals surface area contributed by atoms with Gasteiger partial charge in [-0.15, -0.1) is 0 Å². The first-order valence-electron chi connectivity index (χ1n) is 9.30. The predicted molar refractivity (Wildman–Crippen MR) is 112 cm³/mol. The van der Waals surface area contributed by atoms with Gasteiger partial charge >= 0.3 is 11.6 Å². The summed E-state index contributed by atoms with van der Waals surface area (Å²) < 4.78 is 16.3. The summed E-state index contributed by atoms with van der Waals surface area (Å²) in [5, 5.41) is 0.614. The topological polar surface area (TPSA) is 65.7 Å². The van der Waals surface area contributed by atoms with Crippen molar-refractivity contribution in [3.8, 4) is 5.75 Å². The zero-order valence-corrected chi connectivity index (χ0v) is 16.4. The van der Waals surface area contributed by atoms with E-state index in [2.05, 4.69) is 0 Å². The van der Waals surface area contributed by atoms with Gasteiger partial charge in [-0.05, 0) is 43.2 Å². The number of rotatable bonds is 7. The minimum atomic E-state index is -0.740. The first-order valence-corrected chi connectivity index (χ1v) is 9.30. The molecule has 0 saturated heterocycles. The third kappa shape index (κ3) is 5.23. The summed E-state index contributed by atoms with van der Waals surface area (Å²) in [6.45, 7) is 4.22. The van der Waals surface area contributed by atoms with Gasteiger partial charge in [0.2, 0.25) is 0 Å². The van der Waals surface area contributed by atoms with E-state index >= 15 is 0 Å². The van der Waals surface area contributed by atoms with E-state index in [0.29, 0.717) is 23.3 Å². The van der Waals surface area contributed by atoms with Crippen molar-refractivity contribution in [2.45, 2.75) is 20.5 Å². The highest BCUT2D eigenvalue weighted by atomic mass is 16.5. The lowest BCUT2D eigenvalue weighted by atomic mass is 10.2. The first kappa shape index (κ1) is 20.1. The number of ether oxygens (including phenoxy) is 2. The fourth-order valence-electron chi connectivity index (χ4n) is 2.73. The molecule has 0 aliphatic rings. The maximum absolute atomic E-state index is 12.3. The van der Waals surface area contributed by atoms with Gasteiger partial charge < -0.3 is 13.9 Å². The van der Waals surface area contributed by atoms with Crippen LogP contribution in [-0.4, -0.2) is 12.6 Å². The van der Waals surface area contributed by atoms with Gasteiger partial charge in [0.1, 0.15) is 30.1 Å². The van der Waals surface area contributed by atoms with Gasteiger partial charge in [0.05, 0.1) is 0 Å². The molecular formula is C24H22O5. The van der Waals surface area contributed by atoms with E-state index in [1.54, 1.807) is 18.2 Å². The van der Waals surface area contributed by atoms with Crippen molar-refractivity contribution in [3.05, 3.63) is 99.9 Å². The number of fused-ring (bicyclic) bond motifs is 1. The fourth-order valence-corrected chi connectivity index (χ4v) is 2.73. The lowest BCUT2D eigenvalue weighted by Crippen LogP contribution is -2.17. The van der Waals surface area contributed by atoms with E-state index in [-0.39, 0.29) is 12.2 Å². The minimum Gasteiger partial charge on any atom is -0.489 e. The van der Waals surface area contributed by atoms with Crippen LogP contribution in [0.25, 0.3) is 11.0 Å². The summed E-state index contributed by atoms with van der Waals surface area (Å²) >= 11 is 0. The van der Waals surface area contributed by atoms with Crippen molar-refractivity contribution in [1.29, 1.82) is 0 Å². The van der Waals surface area contributed by atoms with Gasteiger partial charge in [0, 0.05) is 11.5 Å². The largest absolute Gasteiger partial charge is 0.489 e. The summed E-state index contributed by atoms with van der Waals surface area (Å²) in [4.78, 5) is 24.6. The summed E-state index contributed by atoms with van der Waals surface area (Å²) in [5.74, 6) is -0.141. The van der Waals surface area contributed by atoms with Crippen LogP contribution in [0.5, 0.6) is 5.75 Å². The molecule has 29 heavy (non-hydrogen) atoms. The molecule has 0 bridgehead atoms. The number of hydrogen-bond acceptors (Lipinski definition) is 5. The lowest BCUT2D eigenvalue weighted by Gasteiger charge is -2.08. The van der Waals surface area contributed by atoms with Crippen molar-refractivity contribution in [1.82, 2.24) is 0 Å². The quantitative estimate of drug-likeness (QED) is 0.321. The van der Waals surface area contributed by atoms with Crippen LogP contribution in [-0.2, 0) is 11.3 Å². The van der Waals surface area contributed by atoms with Gasteiger partial charge in [-0.3, -0.25) is 0 Å². The Labute approximate surface area is 168 Å². The Morgan fingerprint density at radius 3 is 2.59 bits per heavy atom. The fraction of sp³-hybridized carbons (Fsp3) is 0.167. The molecule has 0 amide bonds. The van der Waals surface area contributed by atoms with Crippen molar-refractivity contribution in [3.63, 3.8) is 0 Å².